The second kappa shape index (κ2) is 6.07. The van der Waals surface area contributed by atoms with Gasteiger partial charge in [0.25, 0.3) is 0 Å². The minimum Gasteiger partial charge on any atom is -0.294 e. The molecule has 92 valence electrons. The molecule has 0 spiro atoms. The summed E-state index contributed by atoms with van der Waals surface area (Å²) in [6.07, 6.45) is 6.72. The van der Waals surface area contributed by atoms with Crippen LogP contribution in [0, 0.1) is 0 Å². The van der Waals surface area contributed by atoms with Gasteiger partial charge in [-0.05, 0) is 43.7 Å². The lowest BCUT2D eigenvalue weighted by molar-refractivity contribution is 0.194. The van der Waals surface area contributed by atoms with Crippen LogP contribution in [0.3, 0.4) is 0 Å². The number of likely N-dealkylation sites (tertiary alicyclic amines) is 1. The van der Waals surface area contributed by atoms with Crippen LogP contribution in [0.5, 0.6) is 0 Å². The van der Waals surface area contributed by atoms with E-state index in [1.165, 1.54) is 36.2 Å². The summed E-state index contributed by atoms with van der Waals surface area (Å²) >= 11 is 2.04. The van der Waals surface area contributed by atoms with E-state index in [0.29, 0.717) is 12.1 Å². The molecule has 0 amide bonds. The Kier molecular flexibility index (Phi) is 4.73. The molecule has 0 radical (unpaired) electrons. The zero-order valence-corrected chi connectivity index (χ0v) is 11.1. The van der Waals surface area contributed by atoms with Gasteiger partial charge in [-0.15, -0.1) is 0 Å². The van der Waals surface area contributed by atoms with Crippen molar-refractivity contribution in [1.29, 1.82) is 0 Å². The van der Waals surface area contributed by atoms with Gasteiger partial charge in [-0.3, -0.25) is 4.90 Å². The molecule has 1 atom stereocenters. The zero-order valence-electron chi connectivity index (χ0n) is 9.38. The van der Waals surface area contributed by atoms with Gasteiger partial charge in [-0.1, -0.05) is 6.08 Å². The van der Waals surface area contributed by atoms with E-state index in [2.05, 4.69) is 4.90 Å². The van der Waals surface area contributed by atoms with Crippen LogP contribution in [0.1, 0.15) is 25.7 Å². The third-order valence-corrected chi connectivity index (χ3v) is 4.90. The third kappa shape index (κ3) is 3.25. The molecule has 2 heterocycles. The Morgan fingerprint density at radius 2 is 1.94 bits per heavy atom. The molecule has 0 aliphatic carbocycles. The van der Waals surface area contributed by atoms with Gasteiger partial charge in [0.05, 0.1) is 0 Å². The van der Waals surface area contributed by atoms with E-state index in [9.17, 15) is 8.42 Å². The van der Waals surface area contributed by atoms with Gasteiger partial charge in [-0.25, -0.2) is 8.42 Å². The third-order valence-electron chi connectivity index (χ3n) is 3.43. The largest absolute Gasteiger partial charge is 0.294 e. The molecule has 0 aromatic carbocycles. The van der Waals surface area contributed by atoms with Crippen LogP contribution in [0.4, 0.5) is 0 Å². The first kappa shape index (κ1) is 12.5. The lowest BCUT2D eigenvalue weighted by Gasteiger charge is -2.34. The highest BCUT2D eigenvalue weighted by Gasteiger charge is 2.29. The van der Waals surface area contributed by atoms with Crippen molar-refractivity contribution in [2.75, 3.05) is 18.1 Å². The zero-order chi connectivity index (χ0) is 11.4. The highest BCUT2D eigenvalue weighted by molar-refractivity contribution is 7.99. The Morgan fingerprint density at radius 1 is 1.19 bits per heavy atom. The van der Waals surface area contributed by atoms with E-state index < -0.39 is 10.7 Å². The SMILES string of the molecule is O=[SH](=O)/C=C/C1CCCN1C1CCSCC1. The van der Waals surface area contributed by atoms with Crippen molar-refractivity contribution in [2.24, 2.45) is 0 Å². The van der Waals surface area contributed by atoms with Crippen LogP contribution in [0.2, 0.25) is 0 Å². The minimum atomic E-state index is -2.36. The van der Waals surface area contributed by atoms with Gasteiger partial charge in [-0.2, -0.15) is 11.8 Å². The molecule has 16 heavy (non-hydrogen) atoms. The minimum absolute atomic E-state index is 0.362. The van der Waals surface area contributed by atoms with Crippen LogP contribution < -0.4 is 0 Å². The Morgan fingerprint density at radius 3 is 2.62 bits per heavy atom. The smallest absolute Gasteiger partial charge is 0.161 e. The van der Waals surface area contributed by atoms with Gasteiger partial charge in [0.15, 0.2) is 10.7 Å². The fraction of sp³-hybridized carbons (Fsp3) is 0.818. The van der Waals surface area contributed by atoms with Gasteiger partial charge < -0.3 is 0 Å². The summed E-state index contributed by atoms with van der Waals surface area (Å²) in [5.41, 5.74) is 0. The number of thioether (sulfide) groups is 1. The molecule has 2 rings (SSSR count). The topological polar surface area (TPSA) is 37.4 Å². The van der Waals surface area contributed by atoms with Crippen molar-refractivity contribution in [2.45, 2.75) is 37.8 Å². The first-order valence-electron chi connectivity index (χ1n) is 5.92. The normalized spacial score (nSPS) is 29.4. The first-order valence-corrected chi connectivity index (χ1v) is 8.33. The molecule has 0 N–H and O–H groups in total. The molecular weight excluding hydrogens is 242 g/mol. The predicted molar refractivity (Wildman–Crippen MR) is 69.5 cm³/mol. The highest BCUT2D eigenvalue weighted by Crippen LogP contribution is 2.28. The van der Waals surface area contributed by atoms with Crippen molar-refractivity contribution < 1.29 is 8.42 Å². The summed E-state index contributed by atoms with van der Waals surface area (Å²) < 4.78 is 21.1. The number of thiol groups is 1. The molecule has 0 aromatic heterocycles. The Bertz CT molecular complexity index is 314. The maximum absolute atomic E-state index is 10.6. The number of hydrogen-bond donors (Lipinski definition) is 1. The Balaban J connectivity index is 1.96. The van der Waals surface area contributed by atoms with Crippen LogP contribution in [0.25, 0.3) is 0 Å². The van der Waals surface area contributed by atoms with Gasteiger partial charge in [0, 0.05) is 17.5 Å². The van der Waals surface area contributed by atoms with E-state index in [4.69, 9.17) is 0 Å². The molecule has 0 aromatic rings. The monoisotopic (exact) mass is 261 g/mol. The van der Waals surface area contributed by atoms with Crippen LogP contribution >= 0.6 is 11.8 Å². The standard InChI is InChI=1S/C11H19NO2S2/c13-16(14)9-5-10-2-1-6-12(10)11-3-7-15-8-4-11/h5,9-11,16H,1-4,6-8H2/b9-5+. The summed E-state index contributed by atoms with van der Waals surface area (Å²) in [6, 6.07) is 1.05. The fourth-order valence-corrected chi connectivity index (χ4v) is 4.08. The van der Waals surface area contributed by atoms with Crippen molar-refractivity contribution >= 4 is 22.5 Å². The average molecular weight is 261 g/mol. The predicted octanol–water partition coefficient (Wildman–Crippen LogP) is 1.47. The van der Waals surface area contributed by atoms with E-state index in [1.54, 1.807) is 0 Å². The number of hydrogen-bond acceptors (Lipinski definition) is 4. The summed E-state index contributed by atoms with van der Waals surface area (Å²) in [5, 5.41) is 1.34. The maximum atomic E-state index is 10.6. The molecule has 2 aliphatic heterocycles. The van der Waals surface area contributed by atoms with Crippen molar-refractivity contribution in [1.82, 2.24) is 4.90 Å². The summed E-state index contributed by atoms with van der Waals surface area (Å²) in [4.78, 5) is 2.51. The van der Waals surface area contributed by atoms with E-state index >= 15 is 0 Å². The van der Waals surface area contributed by atoms with Crippen LogP contribution in [-0.4, -0.2) is 43.5 Å². The number of nitrogens with zero attached hydrogens (tertiary/aromatic N) is 1. The fourth-order valence-electron chi connectivity index (χ4n) is 2.66. The van der Waals surface area contributed by atoms with Crippen molar-refractivity contribution in [3.05, 3.63) is 11.5 Å². The second-order valence-corrected chi connectivity index (χ2v) is 6.51. The van der Waals surface area contributed by atoms with Gasteiger partial charge in [0.2, 0.25) is 0 Å². The van der Waals surface area contributed by atoms with Crippen LogP contribution in [-0.2, 0) is 10.7 Å². The lowest BCUT2D eigenvalue weighted by Crippen LogP contribution is -2.40. The van der Waals surface area contributed by atoms with Crippen molar-refractivity contribution in [3.63, 3.8) is 0 Å². The molecule has 2 fully saturated rings. The first-order chi connectivity index (χ1) is 7.77. The second-order valence-electron chi connectivity index (χ2n) is 4.42. The lowest BCUT2D eigenvalue weighted by atomic mass is 10.1. The van der Waals surface area contributed by atoms with E-state index in [0.717, 1.165) is 13.0 Å². The summed E-state index contributed by atoms with van der Waals surface area (Å²) in [7, 11) is -2.36. The molecule has 5 heteroatoms. The molecule has 2 saturated heterocycles. The summed E-state index contributed by atoms with van der Waals surface area (Å²) in [5.74, 6) is 2.51. The van der Waals surface area contributed by atoms with Crippen LogP contribution in [0.15, 0.2) is 11.5 Å². The molecule has 3 nitrogen and oxygen atoms in total. The van der Waals surface area contributed by atoms with Crippen molar-refractivity contribution in [3.8, 4) is 0 Å². The quantitative estimate of drug-likeness (QED) is 0.781. The molecule has 0 bridgehead atoms. The highest BCUT2D eigenvalue weighted by atomic mass is 32.2. The molecule has 0 saturated carbocycles. The van der Waals surface area contributed by atoms with E-state index in [-0.39, 0.29) is 0 Å². The maximum Gasteiger partial charge on any atom is 0.161 e. The Labute approximate surface area is 103 Å². The average Bonchev–Trinajstić information content (AvgIpc) is 2.75. The molecular formula is C11H19NO2S2. The van der Waals surface area contributed by atoms with Gasteiger partial charge in [0.1, 0.15) is 0 Å². The molecule has 2 aliphatic rings. The summed E-state index contributed by atoms with van der Waals surface area (Å²) in [6.45, 7) is 1.14. The Hall–Kier alpha value is -0.0000000000000000555. The number of rotatable bonds is 3. The molecule has 1 unspecified atom stereocenters. The van der Waals surface area contributed by atoms with E-state index in [1.807, 2.05) is 17.8 Å². The van der Waals surface area contributed by atoms with Gasteiger partial charge >= 0.3 is 0 Å².